The molecule has 4 heteroatoms. The number of imide groups is 1. The van der Waals surface area contributed by atoms with Crippen molar-refractivity contribution in [3.8, 4) is 0 Å². The third kappa shape index (κ3) is 2.68. The maximum atomic E-state index is 14.0. The molecule has 0 saturated heterocycles. The van der Waals surface area contributed by atoms with Crippen LogP contribution in [0, 0.1) is 0 Å². The van der Waals surface area contributed by atoms with Gasteiger partial charge in [0.15, 0.2) is 0 Å². The van der Waals surface area contributed by atoms with Crippen molar-refractivity contribution in [2.45, 2.75) is 6.42 Å². The summed E-state index contributed by atoms with van der Waals surface area (Å²) in [5.74, 6) is -1.37. The van der Waals surface area contributed by atoms with Gasteiger partial charge in [-0.3, -0.25) is 14.5 Å². The SMILES string of the molecule is O=C1c2ccccc2C(=O)N1C/C(F)=C\Cc1ccccc1. The van der Waals surface area contributed by atoms with E-state index in [1.54, 1.807) is 24.3 Å². The molecule has 0 aliphatic carbocycles. The molecule has 2 aromatic carbocycles. The van der Waals surface area contributed by atoms with Gasteiger partial charge < -0.3 is 0 Å². The monoisotopic (exact) mass is 295 g/mol. The number of hydrogen-bond donors (Lipinski definition) is 0. The van der Waals surface area contributed by atoms with Crippen LogP contribution in [0.25, 0.3) is 0 Å². The number of rotatable bonds is 4. The first-order chi connectivity index (χ1) is 10.7. The van der Waals surface area contributed by atoms with Crippen LogP contribution in [-0.4, -0.2) is 23.3 Å². The van der Waals surface area contributed by atoms with Crippen LogP contribution in [-0.2, 0) is 6.42 Å². The van der Waals surface area contributed by atoms with Gasteiger partial charge in [-0.25, -0.2) is 4.39 Å². The lowest BCUT2D eigenvalue weighted by molar-refractivity contribution is 0.0660. The molecular formula is C18H14FNO2. The van der Waals surface area contributed by atoms with Gasteiger partial charge in [0.1, 0.15) is 5.83 Å². The number of allylic oxidation sites excluding steroid dienone is 1. The molecule has 110 valence electrons. The average molecular weight is 295 g/mol. The van der Waals surface area contributed by atoms with Gasteiger partial charge in [0.2, 0.25) is 0 Å². The Kier molecular flexibility index (Phi) is 3.83. The minimum absolute atomic E-state index is 0.320. The number of fused-ring (bicyclic) bond motifs is 1. The van der Waals surface area contributed by atoms with Crippen molar-refractivity contribution >= 4 is 11.8 Å². The number of benzene rings is 2. The summed E-state index contributed by atoms with van der Waals surface area (Å²) in [7, 11) is 0. The molecule has 2 amide bonds. The summed E-state index contributed by atoms with van der Waals surface area (Å²) in [5.41, 5.74) is 1.65. The second-order valence-corrected chi connectivity index (χ2v) is 5.08. The molecule has 0 radical (unpaired) electrons. The molecule has 3 nitrogen and oxygen atoms in total. The van der Waals surface area contributed by atoms with Crippen LogP contribution in [0.5, 0.6) is 0 Å². The summed E-state index contributed by atoms with van der Waals surface area (Å²) >= 11 is 0. The lowest BCUT2D eigenvalue weighted by atomic mass is 10.1. The Bertz CT molecular complexity index is 718. The molecule has 1 aliphatic heterocycles. The molecule has 0 fully saturated rings. The standard InChI is InChI=1S/C18H14FNO2/c19-14(11-10-13-6-2-1-3-7-13)12-20-17(21)15-8-4-5-9-16(15)18(20)22/h1-9,11H,10,12H2/b14-11+. The van der Waals surface area contributed by atoms with Gasteiger partial charge in [-0.1, -0.05) is 42.5 Å². The Morgan fingerprint density at radius 1 is 0.909 bits per heavy atom. The third-order valence-electron chi connectivity index (χ3n) is 3.59. The molecule has 0 saturated carbocycles. The zero-order chi connectivity index (χ0) is 15.5. The Balaban J connectivity index is 1.71. The van der Waals surface area contributed by atoms with E-state index in [1.165, 1.54) is 6.08 Å². The van der Waals surface area contributed by atoms with Gasteiger partial charge in [-0.05, 0) is 30.2 Å². The molecular weight excluding hydrogens is 281 g/mol. The zero-order valence-corrected chi connectivity index (χ0v) is 11.8. The van der Waals surface area contributed by atoms with Crippen LogP contribution >= 0.6 is 0 Å². The third-order valence-corrected chi connectivity index (χ3v) is 3.59. The van der Waals surface area contributed by atoms with E-state index in [0.717, 1.165) is 10.5 Å². The fourth-order valence-corrected chi connectivity index (χ4v) is 2.44. The summed E-state index contributed by atoms with van der Waals surface area (Å²) in [6.45, 7) is -0.320. The largest absolute Gasteiger partial charge is 0.269 e. The lowest BCUT2D eigenvalue weighted by Crippen LogP contribution is -2.31. The van der Waals surface area contributed by atoms with E-state index in [9.17, 15) is 14.0 Å². The fourth-order valence-electron chi connectivity index (χ4n) is 2.44. The first-order valence-corrected chi connectivity index (χ1v) is 7.00. The highest BCUT2D eigenvalue weighted by molar-refractivity contribution is 6.21. The minimum Gasteiger partial charge on any atom is -0.269 e. The molecule has 0 N–H and O–H groups in total. The Morgan fingerprint density at radius 3 is 2.05 bits per heavy atom. The minimum atomic E-state index is -0.488. The van der Waals surface area contributed by atoms with Gasteiger partial charge in [0.25, 0.3) is 11.8 Å². The van der Waals surface area contributed by atoms with Crippen molar-refractivity contribution in [2.75, 3.05) is 6.54 Å². The summed E-state index contributed by atoms with van der Waals surface area (Å²) in [5, 5.41) is 0. The van der Waals surface area contributed by atoms with E-state index in [0.29, 0.717) is 17.5 Å². The fraction of sp³-hybridized carbons (Fsp3) is 0.111. The van der Waals surface area contributed by atoms with E-state index < -0.39 is 17.6 Å². The van der Waals surface area contributed by atoms with Gasteiger partial charge >= 0.3 is 0 Å². The van der Waals surface area contributed by atoms with Crippen LogP contribution in [0.2, 0.25) is 0 Å². The molecule has 1 aliphatic rings. The summed E-state index contributed by atoms with van der Waals surface area (Å²) in [6.07, 6.45) is 1.83. The maximum absolute atomic E-state index is 14.0. The Labute approximate surface area is 127 Å². The number of carbonyl (C=O) groups excluding carboxylic acids is 2. The van der Waals surface area contributed by atoms with Crippen molar-refractivity contribution in [3.05, 3.63) is 83.2 Å². The summed E-state index contributed by atoms with van der Waals surface area (Å²) in [6, 6.07) is 16.0. The summed E-state index contributed by atoms with van der Waals surface area (Å²) in [4.78, 5) is 25.2. The van der Waals surface area contributed by atoms with Crippen molar-refractivity contribution in [1.29, 1.82) is 0 Å². The Hall–Kier alpha value is -2.75. The van der Waals surface area contributed by atoms with E-state index >= 15 is 0 Å². The van der Waals surface area contributed by atoms with E-state index in [-0.39, 0.29) is 6.54 Å². The molecule has 0 atom stereocenters. The van der Waals surface area contributed by atoms with Crippen LogP contribution in [0.3, 0.4) is 0 Å². The van der Waals surface area contributed by atoms with E-state index in [4.69, 9.17) is 0 Å². The quantitative estimate of drug-likeness (QED) is 0.811. The van der Waals surface area contributed by atoms with Gasteiger partial charge in [0.05, 0.1) is 17.7 Å². The first-order valence-electron chi connectivity index (χ1n) is 7.00. The number of hydrogen-bond acceptors (Lipinski definition) is 2. The van der Waals surface area contributed by atoms with Crippen molar-refractivity contribution in [2.24, 2.45) is 0 Å². The molecule has 1 heterocycles. The lowest BCUT2D eigenvalue weighted by Gasteiger charge is -2.12. The van der Waals surface area contributed by atoms with Gasteiger partial charge in [-0.15, -0.1) is 0 Å². The maximum Gasteiger partial charge on any atom is 0.261 e. The predicted octanol–water partition coefficient (Wildman–Crippen LogP) is 3.38. The van der Waals surface area contributed by atoms with E-state index in [1.807, 2.05) is 30.3 Å². The van der Waals surface area contributed by atoms with Crippen LogP contribution < -0.4 is 0 Å². The molecule has 0 bridgehead atoms. The number of carbonyl (C=O) groups is 2. The molecule has 0 unspecified atom stereocenters. The van der Waals surface area contributed by atoms with Crippen LogP contribution in [0.1, 0.15) is 26.3 Å². The van der Waals surface area contributed by atoms with Gasteiger partial charge in [0, 0.05) is 0 Å². The van der Waals surface area contributed by atoms with E-state index in [2.05, 4.69) is 0 Å². The zero-order valence-electron chi connectivity index (χ0n) is 11.8. The Morgan fingerprint density at radius 2 is 1.45 bits per heavy atom. The summed E-state index contributed by atoms with van der Waals surface area (Å²) < 4.78 is 14.0. The average Bonchev–Trinajstić information content (AvgIpc) is 2.79. The topological polar surface area (TPSA) is 37.4 Å². The predicted molar refractivity (Wildman–Crippen MR) is 81.1 cm³/mol. The highest BCUT2D eigenvalue weighted by Crippen LogP contribution is 2.23. The van der Waals surface area contributed by atoms with Crippen molar-refractivity contribution in [1.82, 2.24) is 4.90 Å². The second kappa shape index (κ2) is 5.93. The first kappa shape index (κ1) is 14.2. The smallest absolute Gasteiger partial charge is 0.261 e. The normalized spacial score (nSPS) is 14.4. The number of halogens is 1. The second-order valence-electron chi connectivity index (χ2n) is 5.08. The van der Waals surface area contributed by atoms with Crippen LogP contribution in [0.15, 0.2) is 66.5 Å². The van der Waals surface area contributed by atoms with Crippen LogP contribution in [0.4, 0.5) is 4.39 Å². The number of amides is 2. The molecule has 0 aromatic heterocycles. The molecule has 3 rings (SSSR count). The number of nitrogens with zero attached hydrogens (tertiary/aromatic N) is 1. The highest BCUT2D eigenvalue weighted by atomic mass is 19.1. The molecule has 0 spiro atoms. The van der Waals surface area contributed by atoms with Crippen molar-refractivity contribution in [3.63, 3.8) is 0 Å². The van der Waals surface area contributed by atoms with Crippen molar-refractivity contribution < 1.29 is 14.0 Å². The van der Waals surface area contributed by atoms with Gasteiger partial charge in [-0.2, -0.15) is 0 Å². The highest BCUT2D eigenvalue weighted by Gasteiger charge is 2.35. The molecule has 2 aromatic rings. The molecule has 22 heavy (non-hydrogen) atoms.